The van der Waals surface area contributed by atoms with Crippen LogP contribution >= 0.6 is 0 Å². The average molecular weight is 253 g/mol. The third-order valence-corrected chi connectivity index (χ3v) is 3.28. The van der Waals surface area contributed by atoms with Gasteiger partial charge in [-0.1, -0.05) is 55.1 Å². The number of hydrogen-bond acceptors (Lipinski definition) is 1. The Labute approximate surface area is 110 Å². The minimum absolute atomic E-state index is 0.775. The fourth-order valence-corrected chi connectivity index (χ4v) is 2.55. The van der Waals surface area contributed by atoms with Crippen LogP contribution in [0.25, 0.3) is 17.2 Å². The Morgan fingerprint density at radius 3 is 2.33 bits per heavy atom. The summed E-state index contributed by atoms with van der Waals surface area (Å²) in [6, 6.07) is 16.4. The Bertz CT molecular complexity index is 532. The first-order chi connectivity index (χ1) is 8.72. The van der Waals surface area contributed by atoms with Gasteiger partial charge in [0.25, 0.3) is 9.04 Å². The molecule has 2 heteroatoms. The standard InChI is InChI=1S/C16H17OSi/c1-4-13-11-8-12-15(17-18(2)3)16(13)14-9-6-5-7-10-14/h4-12H,1H2,2-3H3. The van der Waals surface area contributed by atoms with Crippen LogP contribution in [0.15, 0.2) is 55.1 Å². The van der Waals surface area contributed by atoms with Gasteiger partial charge in [0, 0.05) is 5.56 Å². The number of rotatable bonds is 4. The number of hydrogen-bond donors (Lipinski definition) is 0. The van der Waals surface area contributed by atoms with E-state index < -0.39 is 9.04 Å². The van der Waals surface area contributed by atoms with Gasteiger partial charge in [-0.25, -0.2) is 0 Å². The van der Waals surface area contributed by atoms with Crippen LogP contribution < -0.4 is 4.43 Å². The molecular weight excluding hydrogens is 236 g/mol. The molecule has 0 atom stereocenters. The predicted octanol–water partition coefficient (Wildman–Crippen LogP) is 4.63. The number of benzene rings is 2. The van der Waals surface area contributed by atoms with Crippen LogP contribution in [0.1, 0.15) is 5.56 Å². The summed E-state index contributed by atoms with van der Waals surface area (Å²) in [5.74, 6) is 0.956. The van der Waals surface area contributed by atoms with Gasteiger partial charge < -0.3 is 4.43 Å². The summed E-state index contributed by atoms with van der Waals surface area (Å²) < 4.78 is 6.00. The Morgan fingerprint density at radius 1 is 1.00 bits per heavy atom. The van der Waals surface area contributed by atoms with Crippen LogP contribution in [0.4, 0.5) is 0 Å². The molecule has 0 heterocycles. The minimum atomic E-state index is -0.775. The van der Waals surface area contributed by atoms with E-state index in [4.69, 9.17) is 4.43 Å². The third-order valence-electron chi connectivity index (χ3n) is 2.65. The van der Waals surface area contributed by atoms with E-state index in [0.29, 0.717) is 0 Å². The summed E-state index contributed by atoms with van der Waals surface area (Å²) in [7, 11) is -0.775. The molecule has 2 aromatic carbocycles. The monoisotopic (exact) mass is 253 g/mol. The van der Waals surface area contributed by atoms with E-state index >= 15 is 0 Å². The third kappa shape index (κ3) is 2.71. The molecule has 0 aromatic heterocycles. The summed E-state index contributed by atoms with van der Waals surface area (Å²) in [4.78, 5) is 0. The second-order valence-corrected chi connectivity index (χ2v) is 6.32. The fourth-order valence-electron chi connectivity index (χ4n) is 1.94. The Morgan fingerprint density at radius 2 is 1.72 bits per heavy atom. The zero-order valence-corrected chi connectivity index (χ0v) is 11.8. The van der Waals surface area contributed by atoms with Gasteiger partial charge in [0.1, 0.15) is 5.75 Å². The van der Waals surface area contributed by atoms with Crippen LogP contribution in [0.3, 0.4) is 0 Å². The van der Waals surface area contributed by atoms with E-state index in [1.807, 2.05) is 36.4 Å². The van der Waals surface area contributed by atoms with Crippen LogP contribution in [0, 0.1) is 0 Å². The first kappa shape index (κ1) is 12.6. The molecule has 1 nitrogen and oxygen atoms in total. The highest BCUT2D eigenvalue weighted by Gasteiger charge is 2.11. The Hall–Kier alpha value is -1.80. The molecule has 0 saturated carbocycles. The minimum Gasteiger partial charge on any atom is -0.542 e. The molecule has 0 aliphatic heterocycles. The predicted molar refractivity (Wildman–Crippen MR) is 80.1 cm³/mol. The van der Waals surface area contributed by atoms with E-state index in [-0.39, 0.29) is 0 Å². The highest BCUT2D eigenvalue weighted by molar-refractivity contribution is 6.49. The van der Waals surface area contributed by atoms with Gasteiger partial charge in [0.2, 0.25) is 0 Å². The summed E-state index contributed by atoms with van der Waals surface area (Å²) in [6.45, 7) is 8.17. The van der Waals surface area contributed by atoms with Crippen molar-refractivity contribution in [3.63, 3.8) is 0 Å². The van der Waals surface area contributed by atoms with Crippen molar-refractivity contribution in [1.82, 2.24) is 0 Å². The smallest absolute Gasteiger partial charge is 0.274 e. The van der Waals surface area contributed by atoms with Crippen molar-refractivity contribution >= 4 is 15.1 Å². The summed E-state index contributed by atoms with van der Waals surface area (Å²) in [6.07, 6.45) is 1.88. The highest BCUT2D eigenvalue weighted by atomic mass is 28.3. The molecule has 2 rings (SSSR count). The van der Waals surface area contributed by atoms with Gasteiger partial charge in [-0.05, 0) is 30.3 Å². The zero-order chi connectivity index (χ0) is 13.0. The molecule has 2 aromatic rings. The lowest BCUT2D eigenvalue weighted by Gasteiger charge is -2.16. The van der Waals surface area contributed by atoms with Crippen molar-refractivity contribution in [1.29, 1.82) is 0 Å². The lowest BCUT2D eigenvalue weighted by atomic mass is 9.99. The first-order valence-corrected chi connectivity index (χ1v) is 8.42. The van der Waals surface area contributed by atoms with Gasteiger partial charge in [-0.3, -0.25) is 0 Å². The van der Waals surface area contributed by atoms with Gasteiger partial charge >= 0.3 is 0 Å². The molecular formula is C16H17OSi. The maximum atomic E-state index is 6.00. The second-order valence-electron chi connectivity index (χ2n) is 4.30. The van der Waals surface area contributed by atoms with Gasteiger partial charge in [-0.2, -0.15) is 0 Å². The fraction of sp³-hybridized carbons (Fsp3) is 0.125. The molecule has 0 aliphatic carbocycles. The molecule has 0 N–H and O–H groups in total. The lowest BCUT2D eigenvalue weighted by Crippen LogP contribution is -2.12. The molecule has 0 saturated heterocycles. The molecule has 0 fully saturated rings. The lowest BCUT2D eigenvalue weighted by molar-refractivity contribution is 0.582. The molecule has 1 radical (unpaired) electrons. The molecule has 0 spiro atoms. The van der Waals surface area contributed by atoms with E-state index in [1.165, 1.54) is 5.56 Å². The van der Waals surface area contributed by atoms with Crippen LogP contribution in [-0.4, -0.2) is 9.04 Å². The summed E-state index contributed by atoms with van der Waals surface area (Å²) in [5, 5.41) is 0. The van der Waals surface area contributed by atoms with Crippen molar-refractivity contribution in [3.05, 3.63) is 60.7 Å². The second kappa shape index (κ2) is 5.69. The van der Waals surface area contributed by atoms with E-state index in [0.717, 1.165) is 16.9 Å². The molecule has 0 bridgehead atoms. The van der Waals surface area contributed by atoms with Gasteiger partial charge in [0.05, 0.1) is 0 Å². The Kier molecular flexibility index (Phi) is 4.00. The van der Waals surface area contributed by atoms with Crippen molar-refractivity contribution in [2.45, 2.75) is 13.1 Å². The van der Waals surface area contributed by atoms with Gasteiger partial charge in [-0.15, -0.1) is 0 Å². The van der Waals surface area contributed by atoms with E-state index in [9.17, 15) is 0 Å². The maximum Gasteiger partial charge on any atom is 0.274 e. The average Bonchev–Trinajstić information content (AvgIpc) is 2.38. The van der Waals surface area contributed by atoms with Gasteiger partial charge in [0.15, 0.2) is 0 Å². The Balaban J connectivity index is 2.58. The van der Waals surface area contributed by atoms with E-state index in [1.54, 1.807) is 0 Å². The highest BCUT2D eigenvalue weighted by Crippen LogP contribution is 2.34. The summed E-state index contributed by atoms with van der Waals surface area (Å²) in [5.41, 5.74) is 3.42. The van der Waals surface area contributed by atoms with Crippen molar-refractivity contribution in [3.8, 4) is 16.9 Å². The molecule has 18 heavy (non-hydrogen) atoms. The van der Waals surface area contributed by atoms with Crippen molar-refractivity contribution in [2.24, 2.45) is 0 Å². The van der Waals surface area contributed by atoms with Crippen LogP contribution in [0.5, 0.6) is 5.75 Å². The SMILES string of the molecule is C=Cc1cccc(O[Si](C)C)c1-c1ccccc1. The maximum absolute atomic E-state index is 6.00. The largest absolute Gasteiger partial charge is 0.542 e. The van der Waals surface area contributed by atoms with Crippen LogP contribution in [-0.2, 0) is 0 Å². The van der Waals surface area contributed by atoms with Crippen LogP contribution in [0.2, 0.25) is 13.1 Å². The topological polar surface area (TPSA) is 9.23 Å². The van der Waals surface area contributed by atoms with Crippen molar-refractivity contribution in [2.75, 3.05) is 0 Å². The molecule has 0 amide bonds. The first-order valence-electron chi connectivity index (χ1n) is 6.01. The van der Waals surface area contributed by atoms with Crippen molar-refractivity contribution < 1.29 is 4.43 Å². The quantitative estimate of drug-likeness (QED) is 0.722. The van der Waals surface area contributed by atoms with E-state index in [2.05, 4.69) is 37.9 Å². The molecule has 0 aliphatic rings. The molecule has 0 unspecified atom stereocenters. The zero-order valence-electron chi connectivity index (χ0n) is 10.8. The normalized spacial score (nSPS) is 10.4. The molecule has 91 valence electrons. The summed E-state index contributed by atoms with van der Waals surface area (Å²) >= 11 is 0.